The van der Waals surface area contributed by atoms with Crippen molar-refractivity contribution in [1.82, 2.24) is 20.4 Å². The summed E-state index contributed by atoms with van der Waals surface area (Å²) in [5.41, 5.74) is -1.66. The molecule has 0 aliphatic carbocycles. The standard InChI is InChI=1S/C27H46N4O6/c1-3-11-28-23(33)20-21-25(35)31(13-7-5-6-8-17-32)22(27(21)10-9-26(20,4-2)37-27)24(34)29-12-14-30-15-18-36-19-16-30/h20-22,32H,3-19H2,1-2H3,(H,28,33)(H,29,34)/t20-,21-,22?,26+,27?/m0/s1. The highest BCUT2D eigenvalue weighted by atomic mass is 16.5. The fourth-order valence-electron chi connectivity index (χ4n) is 7.02. The molecule has 4 fully saturated rings. The number of aliphatic hydroxyl groups excluding tert-OH is 1. The number of carbonyl (C=O) groups is 3. The van der Waals surface area contributed by atoms with Crippen molar-refractivity contribution >= 4 is 17.7 Å². The van der Waals surface area contributed by atoms with Gasteiger partial charge in [0.25, 0.3) is 0 Å². The van der Waals surface area contributed by atoms with Crippen LogP contribution in [-0.2, 0) is 23.9 Å². The Bertz CT molecular complexity index is 821. The van der Waals surface area contributed by atoms with E-state index >= 15 is 0 Å². The Morgan fingerprint density at radius 3 is 2.43 bits per heavy atom. The van der Waals surface area contributed by atoms with Gasteiger partial charge in [0.15, 0.2) is 0 Å². The summed E-state index contributed by atoms with van der Waals surface area (Å²) in [6.45, 7) is 9.52. The van der Waals surface area contributed by atoms with E-state index in [0.717, 1.165) is 51.7 Å². The molecule has 1 spiro atoms. The maximum atomic E-state index is 14.0. The Hall–Kier alpha value is -1.75. The monoisotopic (exact) mass is 522 g/mol. The molecule has 4 saturated heterocycles. The summed E-state index contributed by atoms with van der Waals surface area (Å²) in [5.74, 6) is -1.64. The Morgan fingerprint density at radius 2 is 1.73 bits per heavy atom. The maximum Gasteiger partial charge on any atom is 0.245 e. The van der Waals surface area contributed by atoms with E-state index in [1.54, 1.807) is 4.90 Å². The van der Waals surface area contributed by atoms with Crippen LogP contribution in [0.25, 0.3) is 0 Å². The van der Waals surface area contributed by atoms with Crippen LogP contribution in [0.3, 0.4) is 0 Å². The maximum absolute atomic E-state index is 14.0. The number of ether oxygens (including phenoxy) is 2. The molecule has 5 atom stereocenters. The molecule has 0 aromatic carbocycles. The minimum atomic E-state index is -0.963. The van der Waals surface area contributed by atoms with Gasteiger partial charge in [-0.15, -0.1) is 0 Å². The zero-order chi connectivity index (χ0) is 26.5. The topological polar surface area (TPSA) is 120 Å². The van der Waals surface area contributed by atoms with E-state index in [4.69, 9.17) is 14.6 Å². The summed E-state index contributed by atoms with van der Waals surface area (Å²) in [5, 5.41) is 15.2. The molecule has 10 nitrogen and oxygen atoms in total. The zero-order valence-corrected chi connectivity index (χ0v) is 22.6. The second-order valence-corrected chi connectivity index (χ2v) is 11.0. The number of unbranched alkanes of at least 4 members (excludes halogenated alkanes) is 3. The molecule has 0 radical (unpaired) electrons. The summed E-state index contributed by atoms with van der Waals surface area (Å²) >= 11 is 0. The second kappa shape index (κ2) is 12.4. The number of amides is 3. The van der Waals surface area contributed by atoms with Gasteiger partial charge in [-0.05, 0) is 38.5 Å². The van der Waals surface area contributed by atoms with Crippen molar-refractivity contribution in [3.8, 4) is 0 Å². The lowest BCUT2D eigenvalue weighted by Crippen LogP contribution is -2.56. The molecule has 2 bridgehead atoms. The lowest BCUT2D eigenvalue weighted by atomic mass is 9.65. The number of fused-ring (bicyclic) bond motifs is 1. The second-order valence-electron chi connectivity index (χ2n) is 11.0. The first-order valence-electron chi connectivity index (χ1n) is 14.4. The summed E-state index contributed by atoms with van der Waals surface area (Å²) in [6, 6.07) is -0.732. The van der Waals surface area contributed by atoms with Crippen LogP contribution in [0.15, 0.2) is 0 Å². The molecule has 4 aliphatic heterocycles. The van der Waals surface area contributed by atoms with Gasteiger partial charge in [-0.3, -0.25) is 19.3 Å². The normalized spacial score (nSPS) is 33.1. The fraction of sp³-hybridized carbons (Fsp3) is 0.889. The smallest absolute Gasteiger partial charge is 0.245 e. The average molecular weight is 523 g/mol. The number of hydrogen-bond acceptors (Lipinski definition) is 7. The van der Waals surface area contributed by atoms with E-state index in [-0.39, 0.29) is 24.3 Å². The van der Waals surface area contributed by atoms with Crippen molar-refractivity contribution in [3.63, 3.8) is 0 Å². The molecular formula is C27H46N4O6. The van der Waals surface area contributed by atoms with Crippen molar-refractivity contribution in [2.24, 2.45) is 11.8 Å². The first-order chi connectivity index (χ1) is 17.9. The summed E-state index contributed by atoms with van der Waals surface area (Å²) in [4.78, 5) is 45.2. The van der Waals surface area contributed by atoms with E-state index in [1.807, 2.05) is 13.8 Å². The van der Waals surface area contributed by atoms with Crippen LogP contribution >= 0.6 is 0 Å². The zero-order valence-electron chi connectivity index (χ0n) is 22.6. The predicted octanol–water partition coefficient (Wildman–Crippen LogP) is 0.669. The number of rotatable bonds is 14. The number of morpholine rings is 1. The minimum Gasteiger partial charge on any atom is -0.396 e. The highest BCUT2D eigenvalue weighted by molar-refractivity contribution is 5.99. The molecule has 0 saturated carbocycles. The largest absolute Gasteiger partial charge is 0.396 e. The van der Waals surface area contributed by atoms with Crippen LogP contribution in [0.1, 0.15) is 65.2 Å². The van der Waals surface area contributed by atoms with Crippen molar-refractivity contribution in [1.29, 1.82) is 0 Å². The number of aliphatic hydroxyl groups is 1. The van der Waals surface area contributed by atoms with Crippen LogP contribution in [0.5, 0.6) is 0 Å². The van der Waals surface area contributed by atoms with Gasteiger partial charge >= 0.3 is 0 Å². The van der Waals surface area contributed by atoms with Crippen molar-refractivity contribution in [2.75, 3.05) is 59.1 Å². The van der Waals surface area contributed by atoms with E-state index in [9.17, 15) is 14.4 Å². The SMILES string of the molecule is CCCNC(=O)[C@@H]1[C@H]2C(=O)N(CCCCCCO)C(C(=O)NCCN3CCOCC3)C23CC[C@@]1(CC)O3. The number of hydrogen-bond donors (Lipinski definition) is 3. The third kappa shape index (κ3) is 5.40. The van der Waals surface area contributed by atoms with Crippen LogP contribution < -0.4 is 10.6 Å². The molecule has 4 heterocycles. The van der Waals surface area contributed by atoms with Gasteiger partial charge < -0.3 is 30.1 Å². The van der Waals surface area contributed by atoms with E-state index in [2.05, 4.69) is 15.5 Å². The Kier molecular flexibility index (Phi) is 9.48. The summed E-state index contributed by atoms with van der Waals surface area (Å²) < 4.78 is 12.2. The third-order valence-electron chi connectivity index (χ3n) is 8.90. The first-order valence-corrected chi connectivity index (χ1v) is 14.4. The Balaban J connectivity index is 1.54. The van der Waals surface area contributed by atoms with Crippen LogP contribution in [0, 0.1) is 11.8 Å². The van der Waals surface area contributed by atoms with Gasteiger partial charge in [0.05, 0.1) is 30.7 Å². The van der Waals surface area contributed by atoms with Gasteiger partial charge in [0.2, 0.25) is 17.7 Å². The molecule has 4 aliphatic rings. The van der Waals surface area contributed by atoms with E-state index in [0.29, 0.717) is 52.1 Å². The Morgan fingerprint density at radius 1 is 1.00 bits per heavy atom. The van der Waals surface area contributed by atoms with Crippen LogP contribution in [-0.4, -0.2) is 109 Å². The molecular weight excluding hydrogens is 476 g/mol. The summed E-state index contributed by atoms with van der Waals surface area (Å²) in [6.07, 6.45) is 5.96. The molecule has 37 heavy (non-hydrogen) atoms. The molecule has 10 heteroatoms. The van der Waals surface area contributed by atoms with Gasteiger partial charge in [-0.1, -0.05) is 26.7 Å². The van der Waals surface area contributed by atoms with Gasteiger partial charge in [0.1, 0.15) is 11.6 Å². The molecule has 4 rings (SSSR count). The molecule has 210 valence electrons. The van der Waals surface area contributed by atoms with E-state index in [1.165, 1.54) is 0 Å². The predicted molar refractivity (Wildman–Crippen MR) is 138 cm³/mol. The van der Waals surface area contributed by atoms with Crippen LogP contribution in [0.4, 0.5) is 0 Å². The highest BCUT2D eigenvalue weighted by Gasteiger charge is 2.78. The molecule has 2 unspecified atom stereocenters. The van der Waals surface area contributed by atoms with Gasteiger partial charge in [-0.2, -0.15) is 0 Å². The van der Waals surface area contributed by atoms with Crippen molar-refractivity contribution in [3.05, 3.63) is 0 Å². The van der Waals surface area contributed by atoms with Crippen molar-refractivity contribution in [2.45, 2.75) is 82.5 Å². The van der Waals surface area contributed by atoms with Crippen molar-refractivity contribution < 1.29 is 29.0 Å². The summed E-state index contributed by atoms with van der Waals surface area (Å²) in [7, 11) is 0. The van der Waals surface area contributed by atoms with E-state index < -0.39 is 29.1 Å². The number of nitrogens with zero attached hydrogens (tertiary/aromatic N) is 2. The number of likely N-dealkylation sites (tertiary alicyclic amines) is 1. The quantitative estimate of drug-likeness (QED) is 0.287. The lowest BCUT2D eigenvalue weighted by molar-refractivity contribution is -0.147. The van der Waals surface area contributed by atoms with Crippen LogP contribution in [0.2, 0.25) is 0 Å². The molecule has 0 aromatic rings. The highest BCUT2D eigenvalue weighted by Crippen LogP contribution is 2.64. The average Bonchev–Trinajstić information content (AvgIpc) is 3.51. The lowest BCUT2D eigenvalue weighted by Gasteiger charge is -2.34. The number of carbonyl (C=O) groups excluding carboxylic acids is 3. The Labute approximate surface area is 220 Å². The number of nitrogens with one attached hydrogen (secondary N) is 2. The molecule has 0 aromatic heterocycles. The molecule has 3 N–H and O–H groups in total. The minimum absolute atomic E-state index is 0.123. The van der Waals surface area contributed by atoms with Gasteiger partial charge in [-0.25, -0.2) is 0 Å². The molecule has 3 amide bonds. The fourth-order valence-corrected chi connectivity index (χ4v) is 7.02. The third-order valence-corrected chi connectivity index (χ3v) is 8.90. The first kappa shape index (κ1) is 28.3. The van der Waals surface area contributed by atoms with Gasteiger partial charge in [0, 0.05) is 45.9 Å².